The first-order chi connectivity index (χ1) is 9.17. The molecule has 0 saturated carbocycles. The molecule has 19 heavy (non-hydrogen) atoms. The van der Waals surface area contributed by atoms with Crippen LogP contribution in [0.2, 0.25) is 0 Å². The van der Waals surface area contributed by atoms with Crippen molar-refractivity contribution in [2.24, 2.45) is 5.73 Å². The van der Waals surface area contributed by atoms with Gasteiger partial charge in [0.05, 0.1) is 17.6 Å². The molecule has 0 aromatic carbocycles. The van der Waals surface area contributed by atoms with E-state index in [1.165, 1.54) is 11.3 Å². The average molecular weight is 261 g/mol. The normalized spacial score (nSPS) is 11.2. The number of aromatic amines is 1. The van der Waals surface area contributed by atoms with Crippen LogP contribution >= 0.6 is 0 Å². The molecule has 0 aliphatic rings. The predicted octanol–water partition coefficient (Wildman–Crippen LogP) is 2.19. The molecule has 2 aromatic rings. The number of hydrogen-bond donors (Lipinski definition) is 2. The van der Waals surface area contributed by atoms with Crippen LogP contribution < -0.4 is 5.73 Å². The van der Waals surface area contributed by atoms with Crippen molar-refractivity contribution in [2.75, 3.05) is 6.54 Å². The Labute approximate surface area is 114 Å². The van der Waals surface area contributed by atoms with Gasteiger partial charge in [0.1, 0.15) is 5.82 Å². The third kappa shape index (κ3) is 2.87. The third-order valence-electron chi connectivity index (χ3n) is 3.45. The summed E-state index contributed by atoms with van der Waals surface area (Å²) >= 11 is 0. The van der Waals surface area contributed by atoms with Gasteiger partial charge in [-0.25, -0.2) is 4.98 Å². The van der Waals surface area contributed by atoms with E-state index in [0.717, 1.165) is 49.6 Å². The van der Waals surface area contributed by atoms with E-state index >= 15 is 0 Å². The second-order valence-corrected chi connectivity index (χ2v) is 4.85. The number of aromatic nitrogens is 4. The van der Waals surface area contributed by atoms with Crippen LogP contribution in [-0.4, -0.2) is 26.3 Å². The molecule has 104 valence electrons. The lowest BCUT2D eigenvalue weighted by Crippen LogP contribution is -1.99. The molecular weight excluding hydrogens is 238 g/mol. The maximum atomic E-state index is 5.51. The minimum atomic E-state index is 0.745. The predicted molar refractivity (Wildman–Crippen MR) is 76.9 cm³/mol. The van der Waals surface area contributed by atoms with Crippen molar-refractivity contribution >= 4 is 0 Å². The summed E-state index contributed by atoms with van der Waals surface area (Å²) in [6, 6.07) is 0. The number of hydrogen-bond acceptors (Lipinski definition) is 3. The smallest absolute Gasteiger partial charge is 0.106 e. The van der Waals surface area contributed by atoms with Gasteiger partial charge in [-0.05, 0) is 40.2 Å². The summed E-state index contributed by atoms with van der Waals surface area (Å²) in [5, 5.41) is 4.54. The van der Waals surface area contributed by atoms with Crippen molar-refractivity contribution in [3.05, 3.63) is 23.4 Å². The van der Waals surface area contributed by atoms with Crippen LogP contribution in [0.4, 0.5) is 0 Å². The van der Waals surface area contributed by atoms with Gasteiger partial charge in [-0.15, -0.1) is 0 Å². The van der Waals surface area contributed by atoms with Crippen LogP contribution in [0.3, 0.4) is 0 Å². The molecule has 2 heterocycles. The highest BCUT2D eigenvalue weighted by atomic mass is 15.3. The zero-order valence-corrected chi connectivity index (χ0v) is 12.0. The van der Waals surface area contributed by atoms with E-state index in [1.54, 1.807) is 0 Å². The van der Waals surface area contributed by atoms with E-state index in [2.05, 4.69) is 28.9 Å². The number of H-pyrrole nitrogens is 1. The maximum absolute atomic E-state index is 5.51. The lowest BCUT2D eigenvalue weighted by Gasteiger charge is -2.00. The average Bonchev–Trinajstić information content (AvgIpc) is 2.94. The summed E-state index contributed by atoms with van der Waals surface area (Å²) < 4.78 is 2.03. The molecule has 2 aromatic heterocycles. The molecule has 2 rings (SSSR count). The summed E-state index contributed by atoms with van der Waals surface area (Å²) in [7, 11) is 0. The number of imidazole rings is 1. The summed E-state index contributed by atoms with van der Waals surface area (Å²) in [6.45, 7) is 7.89. The molecule has 0 aliphatic carbocycles. The minimum absolute atomic E-state index is 0.745. The fourth-order valence-electron chi connectivity index (χ4n) is 2.45. The van der Waals surface area contributed by atoms with Crippen LogP contribution in [0.1, 0.15) is 37.0 Å². The topological polar surface area (TPSA) is 72.5 Å². The van der Waals surface area contributed by atoms with Gasteiger partial charge in [0, 0.05) is 24.2 Å². The molecule has 0 saturated heterocycles. The van der Waals surface area contributed by atoms with E-state index in [-0.39, 0.29) is 0 Å². The molecule has 0 fully saturated rings. The number of nitrogens with zero attached hydrogens (tertiary/aromatic N) is 3. The molecule has 5 heteroatoms. The van der Waals surface area contributed by atoms with E-state index < -0.39 is 0 Å². The molecular formula is C14H23N5. The number of aryl methyl sites for hydroxylation is 3. The van der Waals surface area contributed by atoms with E-state index in [4.69, 9.17) is 5.73 Å². The van der Waals surface area contributed by atoms with Crippen LogP contribution in [0.25, 0.3) is 11.3 Å². The SMILES string of the molecule is CCn1nc(C)c(-c2cnc(CCCCN)[nH]2)c1C. The standard InChI is InChI=1S/C14H23N5/c1-4-19-11(3)14(10(2)18-19)12-9-16-13(17-12)7-5-6-8-15/h9H,4-8,15H2,1-3H3,(H,16,17). The summed E-state index contributed by atoms with van der Waals surface area (Å²) in [5.41, 5.74) is 10.00. The van der Waals surface area contributed by atoms with E-state index in [1.807, 2.05) is 17.8 Å². The van der Waals surface area contributed by atoms with Crippen molar-refractivity contribution in [1.29, 1.82) is 0 Å². The monoisotopic (exact) mass is 261 g/mol. The summed E-state index contributed by atoms with van der Waals surface area (Å²) in [4.78, 5) is 7.85. The Bertz CT molecular complexity index is 538. The highest BCUT2D eigenvalue weighted by Crippen LogP contribution is 2.25. The molecule has 0 atom stereocenters. The molecule has 3 N–H and O–H groups in total. The fraction of sp³-hybridized carbons (Fsp3) is 0.571. The lowest BCUT2D eigenvalue weighted by molar-refractivity contribution is 0.634. The largest absolute Gasteiger partial charge is 0.342 e. The second kappa shape index (κ2) is 6.02. The van der Waals surface area contributed by atoms with Gasteiger partial charge in [-0.3, -0.25) is 4.68 Å². The lowest BCUT2D eigenvalue weighted by atomic mass is 10.1. The maximum Gasteiger partial charge on any atom is 0.106 e. The zero-order chi connectivity index (χ0) is 13.8. The van der Waals surface area contributed by atoms with E-state index in [9.17, 15) is 0 Å². The van der Waals surface area contributed by atoms with Crippen molar-refractivity contribution in [3.63, 3.8) is 0 Å². The van der Waals surface area contributed by atoms with Gasteiger partial charge in [0.15, 0.2) is 0 Å². The van der Waals surface area contributed by atoms with E-state index in [0.29, 0.717) is 0 Å². The number of unbranched alkanes of at least 4 members (excludes halogenated alkanes) is 1. The quantitative estimate of drug-likeness (QED) is 0.783. The molecule has 0 amide bonds. The first kappa shape index (κ1) is 13.8. The molecule has 0 aliphatic heterocycles. The Morgan fingerprint density at radius 2 is 2.11 bits per heavy atom. The number of nitrogens with one attached hydrogen (secondary N) is 1. The van der Waals surface area contributed by atoms with Crippen LogP contribution in [0, 0.1) is 13.8 Å². The van der Waals surface area contributed by atoms with Gasteiger partial charge < -0.3 is 10.7 Å². The van der Waals surface area contributed by atoms with Crippen LogP contribution in [-0.2, 0) is 13.0 Å². The van der Waals surface area contributed by atoms with Crippen molar-refractivity contribution in [1.82, 2.24) is 19.7 Å². The fourth-order valence-corrected chi connectivity index (χ4v) is 2.45. The molecule has 0 unspecified atom stereocenters. The Kier molecular flexibility index (Phi) is 4.37. The molecule has 5 nitrogen and oxygen atoms in total. The number of nitrogens with two attached hydrogens (primary N) is 1. The zero-order valence-electron chi connectivity index (χ0n) is 12.0. The van der Waals surface area contributed by atoms with Crippen molar-refractivity contribution in [3.8, 4) is 11.3 Å². The molecule has 0 radical (unpaired) electrons. The Hall–Kier alpha value is -1.62. The first-order valence-electron chi connectivity index (χ1n) is 6.95. The van der Waals surface area contributed by atoms with Crippen molar-refractivity contribution in [2.45, 2.75) is 46.6 Å². The first-order valence-corrected chi connectivity index (χ1v) is 6.95. The van der Waals surface area contributed by atoms with Crippen molar-refractivity contribution < 1.29 is 0 Å². The molecule has 0 bridgehead atoms. The van der Waals surface area contributed by atoms with Gasteiger partial charge in [-0.1, -0.05) is 0 Å². The van der Waals surface area contributed by atoms with Gasteiger partial charge in [0.25, 0.3) is 0 Å². The Balaban J connectivity index is 2.20. The summed E-state index contributed by atoms with van der Waals surface area (Å²) in [5.74, 6) is 1.03. The van der Waals surface area contributed by atoms with Gasteiger partial charge in [-0.2, -0.15) is 5.10 Å². The minimum Gasteiger partial charge on any atom is -0.342 e. The third-order valence-corrected chi connectivity index (χ3v) is 3.45. The Morgan fingerprint density at radius 1 is 1.32 bits per heavy atom. The highest BCUT2D eigenvalue weighted by Gasteiger charge is 2.14. The number of rotatable bonds is 6. The highest BCUT2D eigenvalue weighted by molar-refractivity contribution is 5.64. The Morgan fingerprint density at radius 3 is 2.74 bits per heavy atom. The van der Waals surface area contributed by atoms with Gasteiger partial charge in [0.2, 0.25) is 0 Å². The molecule has 0 spiro atoms. The second-order valence-electron chi connectivity index (χ2n) is 4.85. The summed E-state index contributed by atoms with van der Waals surface area (Å²) in [6.07, 6.45) is 4.99. The van der Waals surface area contributed by atoms with Crippen LogP contribution in [0.5, 0.6) is 0 Å². The van der Waals surface area contributed by atoms with Gasteiger partial charge >= 0.3 is 0 Å². The van der Waals surface area contributed by atoms with Crippen LogP contribution in [0.15, 0.2) is 6.20 Å².